The van der Waals surface area contributed by atoms with Gasteiger partial charge in [-0.1, -0.05) is 6.07 Å². The van der Waals surface area contributed by atoms with E-state index in [1.54, 1.807) is 7.11 Å². The Bertz CT molecular complexity index is 371. The lowest BCUT2D eigenvalue weighted by Crippen LogP contribution is -2.41. The highest BCUT2D eigenvalue weighted by Crippen LogP contribution is 2.15. The van der Waals surface area contributed by atoms with Gasteiger partial charge in [0.1, 0.15) is 12.4 Å². The molecule has 0 aliphatic carbocycles. The molecule has 1 aromatic carbocycles. The van der Waals surface area contributed by atoms with Crippen molar-refractivity contribution in [2.75, 3.05) is 39.1 Å². The molecule has 2 N–H and O–H groups in total. The summed E-state index contributed by atoms with van der Waals surface area (Å²) in [7, 11) is 1.79. The number of hydrogen-bond donors (Lipinski definition) is 1. The number of anilines is 1. The molecular weight excluding hydrogens is 228 g/mol. The molecule has 0 spiro atoms. The van der Waals surface area contributed by atoms with Crippen LogP contribution in [-0.4, -0.2) is 44.4 Å². The fourth-order valence-corrected chi connectivity index (χ4v) is 2.31. The van der Waals surface area contributed by atoms with Crippen LogP contribution in [0.3, 0.4) is 0 Å². The van der Waals surface area contributed by atoms with E-state index < -0.39 is 0 Å². The maximum Gasteiger partial charge on any atom is 0.121 e. The fourth-order valence-electron chi connectivity index (χ4n) is 2.31. The van der Waals surface area contributed by atoms with Crippen molar-refractivity contribution in [1.29, 1.82) is 0 Å². The molecule has 4 nitrogen and oxygen atoms in total. The Morgan fingerprint density at radius 3 is 3.11 bits per heavy atom. The first-order chi connectivity index (χ1) is 8.78. The summed E-state index contributed by atoms with van der Waals surface area (Å²) in [5, 5.41) is 0. The molecule has 2 rings (SSSR count). The van der Waals surface area contributed by atoms with Gasteiger partial charge < -0.3 is 15.2 Å². The molecule has 1 aliphatic heterocycles. The van der Waals surface area contributed by atoms with E-state index in [2.05, 4.69) is 4.90 Å². The van der Waals surface area contributed by atoms with Crippen LogP contribution in [0.1, 0.15) is 12.8 Å². The zero-order chi connectivity index (χ0) is 12.8. The Morgan fingerprint density at radius 1 is 1.44 bits per heavy atom. The average Bonchev–Trinajstić information content (AvgIpc) is 2.39. The van der Waals surface area contributed by atoms with Gasteiger partial charge in [-0.05, 0) is 31.5 Å². The molecule has 0 saturated carbocycles. The van der Waals surface area contributed by atoms with Crippen LogP contribution in [-0.2, 0) is 4.74 Å². The second-order valence-electron chi connectivity index (χ2n) is 4.72. The average molecular weight is 250 g/mol. The predicted octanol–water partition coefficient (Wildman–Crippen LogP) is 1.76. The number of methoxy groups -OCH3 is 1. The summed E-state index contributed by atoms with van der Waals surface area (Å²) in [5.41, 5.74) is 6.44. The minimum Gasteiger partial charge on any atom is -0.492 e. The maximum absolute atomic E-state index is 5.70. The molecule has 1 heterocycles. The molecule has 1 aliphatic rings. The lowest BCUT2D eigenvalue weighted by atomic mass is 10.1. The summed E-state index contributed by atoms with van der Waals surface area (Å²) in [6.07, 6.45) is 2.76. The van der Waals surface area contributed by atoms with Gasteiger partial charge in [0, 0.05) is 32.0 Å². The van der Waals surface area contributed by atoms with Crippen molar-refractivity contribution < 1.29 is 9.47 Å². The Kier molecular flexibility index (Phi) is 4.84. The SMILES string of the molecule is COC1CCCN(CCOc2cccc(N)c2)C1. The highest BCUT2D eigenvalue weighted by Gasteiger charge is 2.18. The maximum atomic E-state index is 5.70. The zero-order valence-electron chi connectivity index (χ0n) is 11.0. The molecule has 1 aromatic rings. The molecule has 1 saturated heterocycles. The van der Waals surface area contributed by atoms with Crippen LogP contribution in [0.25, 0.3) is 0 Å². The van der Waals surface area contributed by atoms with E-state index in [9.17, 15) is 0 Å². The zero-order valence-corrected chi connectivity index (χ0v) is 11.0. The Hall–Kier alpha value is -1.26. The van der Waals surface area contributed by atoms with E-state index in [1.165, 1.54) is 12.8 Å². The first-order valence-corrected chi connectivity index (χ1v) is 6.51. The van der Waals surface area contributed by atoms with Gasteiger partial charge in [0.15, 0.2) is 0 Å². The second kappa shape index (κ2) is 6.61. The number of nitrogen functional groups attached to an aromatic ring is 1. The van der Waals surface area contributed by atoms with Crippen LogP contribution in [0, 0.1) is 0 Å². The standard InChI is InChI=1S/C14H22N2O2/c1-17-14-6-3-7-16(11-14)8-9-18-13-5-2-4-12(15)10-13/h2,4-5,10,14H,3,6-9,11,15H2,1H3. The van der Waals surface area contributed by atoms with Gasteiger partial charge in [0.05, 0.1) is 6.10 Å². The van der Waals surface area contributed by atoms with Crippen molar-refractivity contribution >= 4 is 5.69 Å². The molecule has 1 atom stereocenters. The monoisotopic (exact) mass is 250 g/mol. The largest absolute Gasteiger partial charge is 0.492 e. The lowest BCUT2D eigenvalue weighted by Gasteiger charge is -2.31. The molecule has 0 aromatic heterocycles. The summed E-state index contributed by atoms with van der Waals surface area (Å²) in [6.45, 7) is 3.78. The Morgan fingerprint density at radius 2 is 2.33 bits per heavy atom. The third-order valence-corrected chi connectivity index (χ3v) is 3.33. The van der Waals surface area contributed by atoms with E-state index in [0.717, 1.165) is 31.1 Å². The molecule has 1 fully saturated rings. The molecule has 0 bridgehead atoms. The van der Waals surface area contributed by atoms with E-state index in [4.69, 9.17) is 15.2 Å². The van der Waals surface area contributed by atoms with E-state index in [0.29, 0.717) is 12.7 Å². The van der Waals surface area contributed by atoms with Crippen molar-refractivity contribution in [2.24, 2.45) is 0 Å². The molecule has 100 valence electrons. The van der Waals surface area contributed by atoms with Crippen molar-refractivity contribution in [3.63, 3.8) is 0 Å². The van der Waals surface area contributed by atoms with Gasteiger partial charge in [-0.15, -0.1) is 0 Å². The second-order valence-corrected chi connectivity index (χ2v) is 4.72. The summed E-state index contributed by atoms with van der Waals surface area (Å²) in [4.78, 5) is 2.39. The molecule has 18 heavy (non-hydrogen) atoms. The fraction of sp³-hybridized carbons (Fsp3) is 0.571. The molecular formula is C14H22N2O2. The summed E-state index contributed by atoms with van der Waals surface area (Å²) < 4.78 is 11.1. The van der Waals surface area contributed by atoms with Crippen LogP contribution in [0.4, 0.5) is 5.69 Å². The molecule has 1 unspecified atom stereocenters. The topological polar surface area (TPSA) is 47.7 Å². The number of rotatable bonds is 5. The number of nitrogens with two attached hydrogens (primary N) is 1. The highest BCUT2D eigenvalue weighted by molar-refractivity contribution is 5.43. The molecule has 4 heteroatoms. The van der Waals surface area contributed by atoms with E-state index >= 15 is 0 Å². The lowest BCUT2D eigenvalue weighted by molar-refractivity contribution is 0.0272. The predicted molar refractivity (Wildman–Crippen MR) is 72.8 cm³/mol. The van der Waals surface area contributed by atoms with Crippen LogP contribution in [0.15, 0.2) is 24.3 Å². The summed E-state index contributed by atoms with van der Waals surface area (Å²) in [6, 6.07) is 7.56. The normalized spacial score (nSPS) is 20.8. The van der Waals surface area contributed by atoms with Gasteiger partial charge in [-0.2, -0.15) is 0 Å². The molecule has 0 radical (unpaired) electrons. The first kappa shape index (κ1) is 13.2. The highest BCUT2D eigenvalue weighted by atomic mass is 16.5. The van der Waals surface area contributed by atoms with Gasteiger partial charge in [0.25, 0.3) is 0 Å². The van der Waals surface area contributed by atoms with Gasteiger partial charge >= 0.3 is 0 Å². The van der Waals surface area contributed by atoms with Gasteiger partial charge in [-0.25, -0.2) is 0 Å². The Balaban J connectivity index is 1.72. The van der Waals surface area contributed by atoms with E-state index in [1.807, 2.05) is 24.3 Å². The van der Waals surface area contributed by atoms with Crippen LogP contribution in [0.2, 0.25) is 0 Å². The van der Waals surface area contributed by atoms with Crippen molar-refractivity contribution in [1.82, 2.24) is 4.90 Å². The minimum absolute atomic E-state index is 0.381. The Labute approximate surface area is 109 Å². The number of hydrogen-bond acceptors (Lipinski definition) is 4. The van der Waals surface area contributed by atoms with Crippen molar-refractivity contribution in [3.05, 3.63) is 24.3 Å². The third-order valence-electron chi connectivity index (χ3n) is 3.33. The van der Waals surface area contributed by atoms with Crippen LogP contribution in [0.5, 0.6) is 5.75 Å². The third kappa shape index (κ3) is 3.89. The molecule has 0 amide bonds. The van der Waals surface area contributed by atoms with Crippen molar-refractivity contribution in [2.45, 2.75) is 18.9 Å². The van der Waals surface area contributed by atoms with Crippen LogP contribution < -0.4 is 10.5 Å². The first-order valence-electron chi connectivity index (χ1n) is 6.51. The van der Waals surface area contributed by atoms with Gasteiger partial charge in [0.2, 0.25) is 0 Å². The number of benzene rings is 1. The van der Waals surface area contributed by atoms with Crippen LogP contribution >= 0.6 is 0 Å². The number of nitrogens with zero attached hydrogens (tertiary/aromatic N) is 1. The smallest absolute Gasteiger partial charge is 0.121 e. The number of likely N-dealkylation sites (tertiary alicyclic amines) is 1. The quantitative estimate of drug-likeness (QED) is 0.809. The van der Waals surface area contributed by atoms with Crippen molar-refractivity contribution in [3.8, 4) is 5.75 Å². The summed E-state index contributed by atoms with van der Waals surface area (Å²) in [5.74, 6) is 0.843. The number of ether oxygens (including phenoxy) is 2. The van der Waals surface area contributed by atoms with E-state index in [-0.39, 0.29) is 0 Å². The number of piperidine rings is 1. The van der Waals surface area contributed by atoms with Gasteiger partial charge in [-0.3, -0.25) is 4.90 Å². The minimum atomic E-state index is 0.381. The summed E-state index contributed by atoms with van der Waals surface area (Å²) >= 11 is 0.